The number of anilines is 1. The molecule has 0 bridgehead atoms. The molecular formula is C24H22BrF3N2O2. The molecule has 3 aromatic rings. The van der Waals surface area contributed by atoms with E-state index in [0.29, 0.717) is 11.8 Å². The van der Waals surface area contributed by atoms with Gasteiger partial charge in [0.1, 0.15) is 5.84 Å². The van der Waals surface area contributed by atoms with Crippen molar-refractivity contribution < 1.29 is 23.1 Å². The molecular weight excluding hydrogens is 485 g/mol. The summed E-state index contributed by atoms with van der Waals surface area (Å²) in [6, 6.07) is 21.2. The van der Waals surface area contributed by atoms with Gasteiger partial charge in [0.2, 0.25) is 0 Å². The summed E-state index contributed by atoms with van der Waals surface area (Å²) in [6.45, 7) is 3.16. The number of hydrogen-bond donors (Lipinski definition) is 2. The van der Waals surface area contributed by atoms with Crippen molar-refractivity contribution in [2.45, 2.75) is 31.9 Å². The van der Waals surface area contributed by atoms with Gasteiger partial charge < -0.3 is 10.0 Å². The predicted octanol–water partition coefficient (Wildman–Crippen LogP) is 6.77. The molecule has 0 aliphatic carbocycles. The molecule has 1 aliphatic rings. The van der Waals surface area contributed by atoms with Gasteiger partial charge in [-0.05, 0) is 40.5 Å². The Morgan fingerprint density at radius 3 is 2.38 bits per heavy atom. The number of amidine groups is 1. The number of carboxylic acids is 1. The second kappa shape index (κ2) is 9.73. The van der Waals surface area contributed by atoms with Crippen LogP contribution in [0.25, 0.3) is 10.8 Å². The molecule has 3 aromatic carbocycles. The molecule has 0 saturated heterocycles. The summed E-state index contributed by atoms with van der Waals surface area (Å²) in [5, 5.41) is 18.3. The fourth-order valence-electron chi connectivity index (χ4n) is 3.85. The highest BCUT2D eigenvalue weighted by Crippen LogP contribution is 2.42. The molecule has 4 nitrogen and oxygen atoms in total. The van der Waals surface area contributed by atoms with Crippen LogP contribution >= 0.6 is 15.9 Å². The number of carbonyl (C=O) groups is 1. The highest BCUT2D eigenvalue weighted by molar-refractivity contribution is 9.10. The van der Waals surface area contributed by atoms with Gasteiger partial charge in [0, 0.05) is 29.0 Å². The lowest BCUT2D eigenvalue weighted by molar-refractivity contribution is -0.192. The molecule has 0 spiro atoms. The Balaban J connectivity index is 0.000000360. The lowest BCUT2D eigenvalue weighted by Gasteiger charge is -2.21. The highest BCUT2D eigenvalue weighted by Gasteiger charge is 2.38. The van der Waals surface area contributed by atoms with Gasteiger partial charge in [-0.25, -0.2) is 4.79 Å². The minimum absolute atomic E-state index is 0.435. The van der Waals surface area contributed by atoms with Crippen molar-refractivity contribution in [3.8, 4) is 0 Å². The normalized spacial score (nSPS) is 15.2. The van der Waals surface area contributed by atoms with E-state index < -0.39 is 12.1 Å². The molecule has 0 saturated carbocycles. The van der Waals surface area contributed by atoms with Gasteiger partial charge in [-0.3, -0.25) is 5.41 Å². The third-order valence-corrected chi connectivity index (χ3v) is 6.02. The molecule has 1 aliphatic heterocycles. The first kappa shape index (κ1) is 23.8. The van der Waals surface area contributed by atoms with E-state index in [2.05, 4.69) is 82.4 Å². The van der Waals surface area contributed by atoms with Crippen LogP contribution in [0.4, 0.5) is 18.9 Å². The van der Waals surface area contributed by atoms with Gasteiger partial charge in [-0.2, -0.15) is 13.2 Å². The van der Waals surface area contributed by atoms with Crippen LogP contribution in [0.5, 0.6) is 0 Å². The van der Waals surface area contributed by atoms with Gasteiger partial charge in [-0.15, -0.1) is 0 Å². The number of carboxylic acid groups (broad SMARTS) is 1. The number of aryl methyl sites for hydroxylation is 1. The van der Waals surface area contributed by atoms with E-state index in [-0.39, 0.29) is 0 Å². The van der Waals surface area contributed by atoms with Crippen molar-refractivity contribution in [3.05, 3.63) is 76.3 Å². The molecule has 32 heavy (non-hydrogen) atoms. The summed E-state index contributed by atoms with van der Waals surface area (Å²) in [4.78, 5) is 11.1. The van der Waals surface area contributed by atoms with Crippen molar-refractivity contribution >= 4 is 44.2 Å². The van der Waals surface area contributed by atoms with Crippen LogP contribution in [-0.4, -0.2) is 29.6 Å². The topological polar surface area (TPSA) is 64.4 Å². The van der Waals surface area contributed by atoms with Crippen molar-refractivity contribution in [1.29, 1.82) is 5.41 Å². The third kappa shape index (κ3) is 5.30. The Kier molecular flexibility index (Phi) is 7.23. The maximum Gasteiger partial charge on any atom is 0.490 e. The minimum Gasteiger partial charge on any atom is -0.475 e. The second-order valence-electron chi connectivity index (χ2n) is 7.58. The predicted molar refractivity (Wildman–Crippen MR) is 124 cm³/mol. The van der Waals surface area contributed by atoms with Crippen LogP contribution in [0.3, 0.4) is 0 Å². The molecule has 0 radical (unpaired) electrons. The number of nitrogens with one attached hydrogen (secondary N) is 1. The first-order valence-corrected chi connectivity index (χ1v) is 10.8. The van der Waals surface area contributed by atoms with Crippen LogP contribution in [0.1, 0.15) is 30.4 Å². The molecule has 1 unspecified atom stereocenters. The zero-order valence-corrected chi connectivity index (χ0v) is 18.9. The van der Waals surface area contributed by atoms with E-state index in [1.54, 1.807) is 0 Å². The summed E-state index contributed by atoms with van der Waals surface area (Å²) >= 11 is 3.66. The Morgan fingerprint density at radius 1 is 1.09 bits per heavy atom. The fourth-order valence-corrected chi connectivity index (χ4v) is 4.34. The number of nitrogens with zero attached hydrogens (tertiary/aromatic N) is 1. The molecule has 168 valence electrons. The average molecular weight is 507 g/mol. The largest absolute Gasteiger partial charge is 0.490 e. The van der Waals surface area contributed by atoms with Crippen molar-refractivity contribution in [3.63, 3.8) is 0 Å². The molecule has 2 N–H and O–H groups in total. The number of rotatable bonds is 3. The molecule has 1 heterocycles. The number of halogens is 4. The summed E-state index contributed by atoms with van der Waals surface area (Å²) in [7, 11) is 0. The van der Waals surface area contributed by atoms with Crippen LogP contribution in [-0.2, 0) is 11.2 Å². The van der Waals surface area contributed by atoms with E-state index >= 15 is 0 Å². The Morgan fingerprint density at radius 2 is 1.75 bits per heavy atom. The van der Waals surface area contributed by atoms with Gasteiger partial charge >= 0.3 is 12.1 Å². The molecule has 4 rings (SSSR count). The van der Waals surface area contributed by atoms with E-state index in [1.165, 1.54) is 27.6 Å². The number of alkyl halides is 3. The van der Waals surface area contributed by atoms with E-state index in [9.17, 15) is 13.2 Å². The Labute approximate surface area is 192 Å². The smallest absolute Gasteiger partial charge is 0.475 e. The number of fused-ring (bicyclic) bond motifs is 3. The maximum absolute atomic E-state index is 10.6. The monoisotopic (exact) mass is 506 g/mol. The van der Waals surface area contributed by atoms with Gasteiger partial charge in [-0.1, -0.05) is 71.4 Å². The van der Waals surface area contributed by atoms with Crippen molar-refractivity contribution in [2.75, 3.05) is 11.4 Å². The number of hydrogen-bond acceptors (Lipinski definition) is 2. The first-order valence-electron chi connectivity index (χ1n) is 9.99. The Hall–Kier alpha value is -2.87. The third-order valence-electron chi connectivity index (χ3n) is 5.33. The SMILES string of the molecule is CC1CN(C(=N)CCc2ccccc2)c2ccc3c(Br)cccc3c21.O=C(O)C(F)(F)F. The summed E-state index contributed by atoms with van der Waals surface area (Å²) in [6.07, 6.45) is -3.40. The van der Waals surface area contributed by atoms with Gasteiger partial charge in [0.15, 0.2) is 0 Å². The lowest BCUT2D eigenvalue weighted by atomic mass is 9.96. The zero-order valence-electron chi connectivity index (χ0n) is 17.3. The molecule has 1 atom stereocenters. The van der Waals surface area contributed by atoms with E-state index in [4.69, 9.17) is 15.3 Å². The first-order chi connectivity index (χ1) is 15.1. The minimum atomic E-state index is -5.08. The summed E-state index contributed by atoms with van der Waals surface area (Å²) < 4.78 is 32.9. The zero-order chi connectivity index (χ0) is 23.5. The maximum atomic E-state index is 10.6. The standard InChI is InChI=1S/C22H21BrN2.C2HF3O2/c1-15-14-25(21(24)13-10-16-6-3-2-4-7-16)20-12-11-17-18(22(15)20)8-5-9-19(17)23;3-2(4,5)1(6)7/h2-9,11-12,15,24H,10,13-14H2,1H3;(H,6,7). The summed E-state index contributed by atoms with van der Waals surface area (Å²) in [5.41, 5.74) is 3.88. The van der Waals surface area contributed by atoms with Gasteiger partial charge in [0.05, 0.1) is 0 Å². The van der Waals surface area contributed by atoms with E-state index in [0.717, 1.165) is 23.9 Å². The molecule has 0 aromatic heterocycles. The molecule has 8 heteroatoms. The molecule has 0 fully saturated rings. The van der Waals surface area contributed by atoms with Crippen molar-refractivity contribution in [2.24, 2.45) is 0 Å². The average Bonchev–Trinajstić information content (AvgIpc) is 3.10. The molecule has 0 amide bonds. The second-order valence-corrected chi connectivity index (χ2v) is 8.43. The number of aliphatic carboxylic acids is 1. The lowest BCUT2D eigenvalue weighted by Crippen LogP contribution is -2.29. The van der Waals surface area contributed by atoms with Crippen LogP contribution in [0.15, 0.2) is 65.1 Å². The van der Waals surface area contributed by atoms with E-state index in [1.807, 2.05) is 6.07 Å². The highest BCUT2D eigenvalue weighted by atomic mass is 79.9. The number of benzene rings is 3. The van der Waals surface area contributed by atoms with Crippen LogP contribution in [0.2, 0.25) is 0 Å². The summed E-state index contributed by atoms with van der Waals surface area (Å²) in [5.74, 6) is -1.61. The Bertz CT molecular complexity index is 1130. The quantitative estimate of drug-likeness (QED) is 0.304. The van der Waals surface area contributed by atoms with Gasteiger partial charge in [0.25, 0.3) is 0 Å². The fraction of sp³-hybridized carbons (Fsp3) is 0.250. The van der Waals surface area contributed by atoms with Crippen LogP contribution in [0, 0.1) is 5.41 Å². The van der Waals surface area contributed by atoms with Crippen molar-refractivity contribution in [1.82, 2.24) is 0 Å². The van der Waals surface area contributed by atoms with Crippen LogP contribution < -0.4 is 4.90 Å².